The third kappa shape index (κ3) is 3.79. The maximum atomic E-state index is 11.3. The number of hydrogen-bond acceptors (Lipinski definition) is 3. The van der Waals surface area contributed by atoms with Crippen LogP contribution in [0, 0.1) is 0 Å². The summed E-state index contributed by atoms with van der Waals surface area (Å²) >= 11 is 1.46. The van der Waals surface area contributed by atoms with Crippen LogP contribution in [0.3, 0.4) is 0 Å². The molecule has 0 saturated heterocycles. The highest BCUT2D eigenvalue weighted by molar-refractivity contribution is 7.14. The van der Waals surface area contributed by atoms with E-state index in [0.717, 1.165) is 17.2 Å². The van der Waals surface area contributed by atoms with Crippen molar-refractivity contribution in [2.75, 3.05) is 26.0 Å². The van der Waals surface area contributed by atoms with E-state index in [0.29, 0.717) is 6.61 Å². The van der Waals surface area contributed by atoms with Gasteiger partial charge in [0.1, 0.15) is 10.8 Å². The molecule has 5 heteroatoms. The summed E-state index contributed by atoms with van der Waals surface area (Å²) in [5.74, 6) is 0.816. The molecule has 0 saturated carbocycles. The Morgan fingerprint density at radius 3 is 2.93 bits per heavy atom. The number of urea groups is 1. The van der Waals surface area contributed by atoms with E-state index in [1.807, 2.05) is 11.4 Å². The molecule has 0 aliphatic carbocycles. The molecular formula is C10H16N2O2S. The number of rotatable bonds is 4. The lowest BCUT2D eigenvalue weighted by Crippen LogP contribution is -2.26. The Kier molecular flexibility index (Phi) is 4.42. The molecule has 0 aliphatic heterocycles. The Morgan fingerprint density at radius 1 is 1.60 bits per heavy atom. The first-order valence-corrected chi connectivity index (χ1v) is 5.71. The average Bonchev–Trinajstić information content (AvgIpc) is 2.62. The van der Waals surface area contributed by atoms with Gasteiger partial charge in [0.15, 0.2) is 0 Å². The van der Waals surface area contributed by atoms with E-state index < -0.39 is 0 Å². The van der Waals surface area contributed by atoms with Crippen molar-refractivity contribution in [2.45, 2.75) is 13.3 Å². The minimum Gasteiger partial charge on any atom is -0.493 e. The predicted octanol–water partition coefficient (Wildman–Crippen LogP) is 2.63. The van der Waals surface area contributed by atoms with Gasteiger partial charge in [-0.2, -0.15) is 0 Å². The minimum absolute atomic E-state index is 0.126. The summed E-state index contributed by atoms with van der Waals surface area (Å²) in [5, 5.41) is 5.46. The lowest BCUT2D eigenvalue weighted by Gasteiger charge is -2.09. The molecule has 1 rings (SSSR count). The SMILES string of the molecule is CCCOc1csc(NC(=O)N(C)C)c1. The lowest BCUT2D eigenvalue weighted by atomic mass is 10.5. The number of ether oxygens (including phenoxy) is 1. The standard InChI is InChI=1S/C10H16N2O2S/c1-4-5-14-8-6-9(15-7-8)11-10(13)12(2)3/h6-7H,4-5H2,1-3H3,(H,11,13). The van der Waals surface area contributed by atoms with Gasteiger partial charge in [0.25, 0.3) is 0 Å². The Balaban J connectivity index is 2.49. The number of anilines is 1. The third-order valence-electron chi connectivity index (χ3n) is 1.68. The molecule has 0 atom stereocenters. The van der Waals surface area contributed by atoms with Crippen molar-refractivity contribution in [1.82, 2.24) is 4.90 Å². The highest BCUT2D eigenvalue weighted by Crippen LogP contribution is 2.26. The van der Waals surface area contributed by atoms with Gasteiger partial charge < -0.3 is 9.64 Å². The molecule has 0 radical (unpaired) electrons. The van der Waals surface area contributed by atoms with E-state index in [1.165, 1.54) is 16.2 Å². The number of thiophene rings is 1. The lowest BCUT2D eigenvalue weighted by molar-refractivity contribution is 0.231. The zero-order valence-corrected chi connectivity index (χ0v) is 10.1. The van der Waals surface area contributed by atoms with Crippen LogP contribution in [0.25, 0.3) is 0 Å². The minimum atomic E-state index is -0.126. The van der Waals surface area contributed by atoms with Crippen molar-refractivity contribution in [3.05, 3.63) is 11.4 Å². The summed E-state index contributed by atoms with van der Waals surface area (Å²) in [5.41, 5.74) is 0. The number of hydrogen-bond donors (Lipinski definition) is 1. The van der Waals surface area contributed by atoms with Crippen molar-refractivity contribution in [2.24, 2.45) is 0 Å². The van der Waals surface area contributed by atoms with Crippen LogP contribution >= 0.6 is 11.3 Å². The molecule has 1 aromatic heterocycles. The Labute approximate surface area is 93.8 Å². The summed E-state index contributed by atoms with van der Waals surface area (Å²) in [4.78, 5) is 12.8. The van der Waals surface area contributed by atoms with Crippen LogP contribution in [-0.4, -0.2) is 31.6 Å². The third-order valence-corrected chi connectivity index (χ3v) is 2.51. The highest BCUT2D eigenvalue weighted by Gasteiger charge is 2.06. The van der Waals surface area contributed by atoms with E-state index in [9.17, 15) is 4.79 Å². The molecule has 0 unspecified atom stereocenters. The highest BCUT2D eigenvalue weighted by atomic mass is 32.1. The molecule has 0 aliphatic rings. The van der Waals surface area contributed by atoms with Gasteiger partial charge in [-0.3, -0.25) is 5.32 Å². The van der Waals surface area contributed by atoms with Crippen LogP contribution in [0.5, 0.6) is 5.75 Å². The molecule has 84 valence electrons. The molecule has 2 amide bonds. The molecule has 15 heavy (non-hydrogen) atoms. The van der Waals surface area contributed by atoms with E-state index in [1.54, 1.807) is 14.1 Å². The topological polar surface area (TPSA) is 41.6 Å². The van der Waals surface area contributed by atoms with Gasteiger partial charge in [0, 0.05) is 25.5 Å². The number of carbonyl (C=O) groups excluding carboxylic acids is 1. The Bertz CT molecular complexity index is 323. The number of carbonyl (C=O) groups is 1. The molecule has 4 nitrogen and oxygen atoms in total. The molecule has 0 aromatic carbocycles. The van der Waals surface area contributed by atoms with E-state index >= 15 is 0 Å². The van der Waals surface area contributed by atoms with Gasteiger partial charge in [0.2, 0.25) is 0 Å². The predicted molar refractivity (Wildman–Crippen MR) is 62.8 cm³/mol. The summed E-state index contributed by atoms with van der Waals surface area (Å²) in [6.45, 7) is 2.76. The fourth-order valence-corrected chi connectivity index (χ4v) is 1.61. The van der Waals surface area contributed by atoms with Crippen LogP contribution in [-0.2, 0) is 0 Å². The fourth-order valence-electron chi connectivity index (χ4n) is 0.897. The van der Waals surface area contributed by atoms with Crippen LogP contribution < -0.4 is 10.1 Å². The van der Waals surface area contributed by atoms with Crippen LogP contribution in [0.4, 0.5) is 9.80 Å². The first kappa shape index (κ1) is 11.8. The van der Waals surface area contributed by atoms with Crippen LogP contribution in [0.2, 0.25) is 0 Å². The maximum Gasteiger partial charge on any atom is 0.321 e. The largest absolute Gasteiger partial charge is 0.493 e. The molecule has 1 heterocycles. The Morgan fingerprint density at radius 2 is 2.33 bits per heavy atom. The van der Waals surface area contributed by atoms with Gasteiger partial charge in [-0.15, -0.1) is 11.3 Å². The fraction of sp³-hybridized carbons (Fsp3) is 0.500. The molecule has 0 fully saturated rings. The second-order valence-electron chi connectivity index (χ2n) is 3.32. The average molecular weight is 228 g/mol. The zero-order chi connectivity index (χ0) is 11.3. The van der Waals surface area contributed by atoms with Crippen molar-refractivity contribution in [1.29, 1.82) is 0 Å². The number of nitrogens with zero attached hydrogens (tertiary/aromatic N) is 1. The summed E-state index contributed by atoms with van der Waals surface area (Å²) in [6.07, 6.45) is 0.981. The van der Waals surface area contributed by atoms with Crippen molar-refractivity contribution in [3.63, 3.8) is 0 Å². The summed E-state index contributed by atoms with van der Waals surface area (Å²) in [7, 11) is 3.41. The van der Waals surface area contributed by atoms with Crippen molar-refractivity contribution in [3.8, 4) is 5.75 Å². The number of nitrogens with one attached hydrogen (secondary N) is 1. The molecule has 1 aromatic rings. The first-order chi connectivity index (χ1) is 7.13. The monoisotopic (exact) mass is 228 g/mol. The first-order valence-electron chi connectivity index (χ1n) is 4.83. The number of amides is 2. The van der Waals surface area contributed by atoms with Gasteiger partial charge >= 0.3 is 6.03 Å². The zero-order valence-electron chi connectivity index (χ0n) is 9.24. The molecule has 0 spiro atoms. The summed E-state index contributed by atoms with van der Waals surface area (Å²) in [6, 6.07) is 1.71. The molecular weight excluding hydrogens is 212 g/mol. The van der Waals surface area contributed by atoms with Gasteiger partial charge in [0.05, 0.1) is 6.61 Å². The van der Waals surface area contributed by atoms with Gasteiger partial charge in [-0.1, -0.05) is 6.92 Å². The van der Waals surface area contributed by atoms with E-state index in [2.05, 4.69) is 12.2 Å². The van der Waals surface area contributed by atoms with Crippen LogP contribution in [0.15, 0.2) is 11.4 Å². The smallest absolute Gasteiger partial charge is 0.321 e. The second-order valence-corrected chi connectivity index (χ2v) is 4.23. The quantitative estimate of drug-likeness (QED) is 0.860. The van der Waals surface area contributed by atoms with Gasteiger partial charge in [-0.05, 0) is 6.42 Å². The maximum absolute atomic E-state index is 11.3. The van der Waals surface area contributed by atoms with Gasteiger partial charge in [-0.25, -0.2) is 4.79 Å². The summed E-state index contributed by atoms with van der Waals surface area (Å²) < 4.78 is 5.42. The van der Waals surface area contributed by atoms with Crippen molar-refractivity contribution < 1.29 is 9.53 Å². The normalized spacial score (nSPS) is 9.80. The van der Waals surface area contributed by atoms with E-state index in [4.69, 9.17) is 4.74 Å². The molecule has 1 N–H and O–H groups in total. The second kappa shape index (κ2) is 5.60. The molecule has 0 bridgehead atoms. The van der Waals surface area contributed by atoms with Crippen LogP contribution in [0.1, 0.15) is 13.3 Å². The van der Waals surface area contributed by atoms with Crippen molar-refractivity contribution >= 4 is 22.4 Å². The Hall–Kier alpha value is -1.23. The van der Waals surface area contributed by atoms with E-state index in [-0.39, 0.29) is 6.03 Å².